The van der Waals surface area contributed by atoms with Crippen LogP contribution in [0.2, 0.25) is 0 Å². The molecule has 0 fully saturated rings. The Balaban J connectivity index is 1.65. The summed E-state index contributed by atoms with van der Waals surface area (Å²) in [5, 5.41) is 3.90. The van der Waals surface area contributed by atoms with Gasteiger partial charge in [-0.2, -0.15) is 0 Å². The van der Waals surface area contributed by atoms with E-state index in [1.165, 1.54) is 11.1 Å². The van der Waals surface area contributed by atoms with Crippen molar-refractivity contribution in [2.75, 3.05) is 34.3 Å². The van der Waals surface area contributed by atoms with Crippen LogP contribution in [0.4, 0.5) is 0 Å². The molecule has 0 atom stereocenters. The van der Waals surface area contributed by atoms with Gasteiger partial charge in [0, 0.05) is 41.7 Å². The number of hydrogen-bond acceptors (Lipinski definition) is 4. The van der Waals surface area contributed by atoms with E-state index in [4.69, 9.17) is 9.15 Å². The summed E-state index contributed by atoms with van der Waals surface area (Å²) >= 11 is 0. The minimum atomic E-state index is -0.120. The zero-order chi connectivity index (χ0) is 24.1. The summed E-state index contributed by atoms with van der Waals surface area (Å²) in [6, 6.07) is 22.7. The Labute approximate surface area is 200 Å². The van der Waals surface area contributed by atoms with Gasteiger partial charge in [0.05, 0.1) is 13.4 Å². The molecule has 1 amide bonds. The Bertz CT molecular complexity index is 1300. The number of carbonyl (C=O) groups is 1. The number of rotatable bonds is 8. The normalized spacial score (nSPS) is 11.7. The van der Waals surface area contributed by atoms with Gasteiger partial charge in [-0.3, -0.25) is 4.79 Å². The van der Waals surface area contributed by atoms with E-state index in [1.807, 2.05) is 56.3 Å². The smallest absolute Gasteiger partial charge is 0.244 e. The molecule has 1 aromatic heterocycles. The molecule has 4 rings (SSSR count). The number of furan rings is 1. The van der Waals surface area contributed by atoms with Crippen molar-refractivity contribution in [3.63, 3.8) is 0 Å². The Kier molecular flexibility index (Phi) is 7.14. The molecule has 5 heteroatoms. The summed E-state index contributed by atoms with van der Waals surface area (Å²) in [6.07, 6.45) is 3.40. The molecule has 0 aliphatic rings. The highest BCUT2D eigenvalue weighted by atomic mass is 16.5. The molecular formula is C29H30N2O3. The average Bonchev–Trinajstić information content (AvgIpc) is 3.26. The molecule has 0 aliphatic heterocycles. The number of ether oxygens (including phenoxy) is 1. The molecule has 0 spiro atoms. The number of nitrogens with one attached hydrogen (secondary N) is 1. The van der Waals surface area contributed by atoms with Gasteiger partial charge < -0.3 is 19.4 Å². The molecular weight excluding hydrogens is 424 g/mol. The third-order valence-corrected chi connectivity index (χ3v) is 5.83. The second-order valence-electron chi connectivity index (χ2n) is 8.56. The van der Waals surface area contributed by atoms with Crippen molar-refractivity contribution in [2.45, 2.75) is 6.92 Å². The molecule has 1 heterocycles. The molecule has 0 unspecified atom stereocenters. The summed E-state index contributed by atoms with van der Waals surface area (Å²) in [5.41, 5.74) is 6.85. The number of likely N-dealkylation sites (N-methyl/N-ethyl adjacent to an activating group) is 1. The van der Waals surface area contributed by atoms with Gasteiger partial charge in [0.1, 0.15) is 11.3 Å². The van der Waals surface area contributed by atoms with Crippen LogP contribution < -0.4 is 10.1 Å². The zero-order valence-electron chi connectivity index (χ0n) is 20.1. The van der Waals surface area contributed by atoms with E-state index in [0.717, 1.165) is 39.8 Å². The van der Waals surface area contributed by atoms with Gasteiger partial charge in [0.2, 0.25) is 5.91 Å². The zero-order valence-corrected chi connectivity index (χ0v) is 20.1. The lowest BCUT2D eigenvalue weighted by atomic mass is 9.97. The van der Waals surface area contributed by atoms with Crippen molar-refractivity contribution < 1.29 is 13.9 Å². The van der Waals surface area contributed by atoms with E-state index in [0.29, 0.717) is 12.3 Å². The number of amides is 1. The van der Waals surface area contributed by atoms with Crippen molar-refractivity contribution in [1.82, 2.24) is 10.2 Å². The Morgan fingerprint density at radius 3 is 2.35 bits per heavy atom. The van der Waals surface area contributed by atoms with Crippen molar-refractivity contribution in [3.8, 4) is 28.0 Å². The molecule has 0 aliphatic carbocycles. The topological polar surface area (TPSA) is 54.7 Å². The molecule has 1 N–H and O–H groups in total. The fourth-order valence-corrected chi connectivity index (χ4v) is 3.96. The van der Waals surface area contributed by atoms with E-state index in [1.54, 1.807) is 19.4 Å². The van der Waals surface area contributed by atoms with Crippen LogP contribution in [-0.2, 0) is 4.79 Å². The largest absolute Gasteiger partial charge is 0.496 e. The fraction of sp³-hybridized carbons (Fsp3) is 0.207. The predicted octanol–water partition coefficient (Wildman–Crippen LogP) is 5.86. The van der Waals surface area contributed by atoms with E-state index in [-0.39, 0.29) is 5.91 Å². The number of allylic oxidation sites excluding steroid dienone is 1. The molecule has 0 saturated heterocycles. The minimum absolute atomic E-state index is 0.120. The first-order valence-corrected chi connectivity index (χ1v) is 11.3. The maximum Gasteiger partial charge on any atom is 0.244 e. The third kappa shape index (κ3) is 5.21. The van der Waals surface area contributed by atoms with Gasteiger partial charge >= 0.3 is 0 Å². The van der Waals surface area contributed by atoms with E-state index < -0.39 is 0 Å². The highest BCUT2D eigenvalue weighted by molar-refractivity contribution is 6.00. The number of benzene rings is 3. The van der Waals surface area contributed by atoms with Crippen LogP contribution >= 0.6 is 0 Å². The minimum Gasteiger partial charge on any atom is -0.496 e. The SMILES string of the molecule is COc1cc2occ(-c3ccc(-c4ccccc4)cc3)c2cc1/C(C)=C/C(=O)NCCN(C)C. The molecule has 174 valence electrons. The summed E-state index contributed by atoms with van der Waals surface area (Å²) < 4.78 is 11.5. The van der Waals surface area contributed by atoms with Crippen molar-refractivity contribution in [3.05, 3.63) is 84.6 Å². The van der Waals surface area contributed by atoms with Gasteiger partial charge in [-0.15, -0.1) is 0 Å². The van der Waals surface area contributed by atoms with Crippen LogP contribution in [0.3, 0.4) is 0 Å². The van der Waals surface area contributed by atoms with E-state index >= 15 is 0 Å². The molecule has 3 aromatic carbocycles. The number of hydrogen-bond donors (Lipinski definition) is 1. The Hall–Kier alpha value is -3.83. The van der Waals surface area contributed by atoms with Crippen molar-refractivity contribution in [1.29, 1.82) is 0 Å². The van der Waals surface area contributed by atoms with Crippen LogP contribution in [0.5, 0.6) is 5.75 Å². The Morgan fingerprint density at radius 1 is 1.00 bits per heavy atom. The first-order valence-electron chi connectivity index (χ1n) is 11.3. The van der Waals surface area contributed by atoms with Crippen LogP contribution in [0.25, 0.3) is 38.8 Å². The van der Waals surface area contributed by atoms with Crippen molar-refractivity contribution >= 4 is 22.4 Å². The molecule has 34 heavy (non-hydrogen) atoms. The number of carbonyl (C=O) groups excluding carboxylic acids is 1. The lowest BCUT2D eigenvalue weighted by molar-refractivity contribution is -0.116. The highest BCUT2D eigenvalue weighted by Gasteiger charge is 2.15. The first-order chi connectivity index (χ1) is 16.5. The lowest BCUT2D eigenvalue weighted by Gasteiger charge is -2.11. The number of nitrogens with zero attached hydrogens (tertiary/aromatic N) is 1. The van der Waals surface area contributed by atoms with Gasteiger partial charge in [0.15, 0.2) is 0 Å². The standard InChI is InChI=1S/C29H30N2O3/c1-20(16-29(32)30-14-15-31(2)3)24-17-25-26(19-34-28(25)18-27(24)33-4)23-12-10-22(11-13-23)21-8-6-5-7-9-21/h5-13,16-19H,14-15H2,1-4H3,(H,30,32)/b20-16+. The molecule has 0 bridgehead atoms. The first kappa shape index (κ1) is 23.3. The molecule has 0 radical (unpaired) electrons. The Morgan fingerprint density at radius 2 is 1.68 bits per heavy atom. The highest BCUT2D eigenvalue weighted by Crippen LogP contribution is 2.37. The van der Waals surface area contributed by atoms with Crippen LogP contribution in [0, 0.1) is 0 Å². The predicted molar refractivity (Wildman–Crippen MR) is 139 cm³/mol. The number of methoxy groups -OCH3 is 1. The molecule has 4 aromatic rings. The maximum atomic E-state index is 12.4. The van der Waals surface area contributed by atoms with Gasteiger partial charge in [-0.25, -0.2) is 0 Å². The molecule has 5 nitrogen and oxygen atoms in total. The second-order valence-corrected chi connectivity index (χ2v) is 8.56. The van der Waals surface area contributed by atoms with Gasteiger partial charge in [0.25, 0.3) is 0 Å². The maximum absolute atomic E-state index is 12.4. The molecule has 0 saturated carbocycles. The van der Waals surface area contributed by atoms with Crippen LogP contribution in [0.15, 0.2) is 83.5 Å². The summed E-state index contributed by atoms with van der Waals surface area (Å²) in [4.78, 5) is 14.4. The summed E-state index contributed by atoms with van der Waals surface area (Å²) in [7, 11) is 5.58. The van der Waals surface area contributed by atoms with E-state index in [9.17, 15) is 4.79 Å². The number of fused-ring (bicyclic) bond motifs is 1. The van der Waals surface area contributed by atoms with Crippen molar-refractivity contribution in [2.24, 2.45) is 0 Å². The fourth-order valence-electron chi connectivity index (χ4n) is 3.96. The summed E-state index contributed by atoms with van der Waals surface area (Å²) in [6.45, 7) is 3.30. The quantitative estimate of drug-likeness (QED) is 0.339. The lowest BCUT2D eigenvalue weighted by Crippen LogP contribution is -2.30. The summed E-state index contributed by atoms with van der Waals surface area (Å²) in [5.74, 6) is 0.549. The average molecular weight is 455 g/mol. The van der Waals surface area contributed by atoms with E-state index in [2.05, 4.69) is 41.7 Å². The second kappa shape index (κ2) is 10.4. The van der Waals surface area contributed by atoms with Gasteiger partial charge in [-0.05, 0) is 49.3 Å². The van der Waals surface area contributed by atoms with Gasteiger partial charge in [-0.1, -0.05) is 54.6 Å². The third-order valence-electron chi connectivity index (χ3n) is 5.83. The monoisotopic (exact) mass is 454 g/mol. The van der Waals surface area contributed by atoms with Crippen LogP contribution in [-0.4, -0.2) is 45.1 Å². The van der Waals surface area contributed by atoms with Crippen LogP contribution in [0.1, 0.15) is 12.5 Å².